The minimum absolute atomic E-state index is 0. The Kier molecular flexibility index (Phi) is 20.0. The average molecular weight is 329 g/mol. The predicted octanol–water partition coefficient (Wildman–Crippen LogP) is -1.68. The minimum Gasteiger partial charge on any atom is -0.480 e. The molecular formula is C10H27N5O7. The van der Waals surface area contributed by atoms with Crippen molar-refractivity contribution in [3.05, 3.63) is 0 Å². The van der Waals surface area contributed by atoms with Gasteiger partial charge in [-0.05, 0) is 0 Å². The molecule has 0 spiro atoms. The maximum atomic E-state index is 10.6. The van der Waals surface area contributed by atoms with Crippen LogP contribution in [0.5, 0.6) is 0 Å². The van der Waals surface area contributed by atoms with E-state index in [1.165, 1.54) is 9.80 Å². The smallest absolute Gasteiger partial charge is 0.317 e. The summed E-state index contributed by atoms with van der Waals surface area (Å²) in [5.41, 5.74) is 0. The summed E-state index contributed by atoms with van der Waals surface area (Å²) in [6.45, 7) is -1.03. The van der Waals surface area contributed by atoms with E-state index in [0.29, 0.717) is 0 Å². The number of carboxylic acids is 3. The van der Waals surface area contributed by atoms with Crippen LogP contribution in [0.4, 0.5) is 0 Å². The fraction of sp³-hybridized carbons (Fsp3) is 0.700. The van der Waals surface area contributed by atoms with Crippen LogP contribution in [0.25, 0.3) is 0 Å². The molecule has 0 amide bonds. The van der Waals surface area contributed by atoms with Crippen LogP contribution in [0.15, 0.2) is 0 Å². The van der Waals surface area contributed by atoms with Gasteiger partial charge in [-0.3, -0.25) is 24.2 Å². The normalized spacial score (nSPS) is 9.41. The van der Waals surface area contributed by atoms with Crippen molar-refractivity contribution in [1.29, 1.82) is 0 Å². The first-order valence-corrected chi connectivity index (χ1v) is 5.56. The number of nitrogens with zero attached hydrogens (tertiary/aromatic N) is 2. The van der Waals surface area contributed by atoms with Gasteiger partial charge >= 0.3 is 17.9 Å². The Balaban J connectivity index is -0.000000540. The molecule has 12 heteroatoms. The molecule has 0 fully saturated rings. The lowest BCUT2D eigenvalue weighted by Crippen LogP contribution is -2.42. The zero-order valence-corrected chi connectivity index (χ0v) is 12.5. The minimum atomic E-state index is -1.16. The number of aliphatic hydroxyl groups is 1. The number of carboxylic acid groups (broad SMARTS) is 3. The summed E-state index contributed by atoms with van der Waals surface area (Å²) in [5.74, 6) is -3.39. The molecule has 134 valence electrons. The maximum absolute atomic E-state index is 10.6. The highest BCUT2D eigenvalue weighted by Gasteiger charge is 2.16. The largest absolute Gasteiger partial charge is 0.480 e. The van der Waals surface area contributed by atoms with Gasteiger partial charge in [0.15, 0.2) is 0 Å². The fourth-order valence-corrected chi connectivity index (χ4v) is 1.48. The molecule has 0 saturated heterocycles. The summed E-state index contributed by atoms with van der Waals surface area (Å²) >= 11 is 0. The van der Waals surface area contributed by atoms with Crippen molar-refractivity contribution in [2.45, 2.75) is 0 Å². The SMILES string of the molecule is N.N.N.O=C(O)CN(CCO)CCN(CC(=O)O)CC(=O)O. The highest BCUT2D eigenvalue weighted by molar-refractivity contribution is 5.72. The van der Waals surface area contributed by atoms with Crippen LogP contribution in [0.3, 0.4) is 0 Å². The lowest BCUT2D eigenvalue weighted by atomic mass is 10.4. The molecule has 0 aliphatic carbocycles. The number of carbonyl (C=O) groups is 3. The van der Waals surface area contributed by atoms with Crippen LogP contribution >= 0.6 is 0 Å². The van der Waals surface area contributed by atoms with Crippen LogP contribution in [0, 0.1) is 0 Å². The van der Waals surface area contributed by atoms with E-state index in [1.807, 2.05) is 0 Å². The molecule has 0 aromatic carbocycles. The molecule has 0 aliphatic heterocycles. The molecular weight excluding hydrogens is 302 g/mol. The lowest BCUT2D eigenvalue weighted by molar-refractivity contribution is -0.143. The molecule has 22 heavy (non-hydrogen) atoms. The number of hydrogen-bond acceptors (Lipinski definition) is 9. The van der Waals surface area contributed by atoms with Crippen LogP contribution in [0.2, 0.25) is 0 Å². The van der Waals surface area contributed by atoms with Gasteiger partial charge in [0.2, 0.25) is 0 Å². The number of aliphatic hydroxyl groups excluding tert-OH is 1. The number of aliphatic carboxylic acids is 3. The molecule has 0 bridgehead atoms. The summed E-state index contributed by atoms with van der Waals surface area (Å²) in [5, 5.41) is 34.7. The summed E-state index contributed by atoms with van der Waals surface area (Å²) in [6.07, 6.45) is 0. The Labute approximate surface area is 128 Å². The molecule has 0 atom stereocenters. The molecule has 0 rings (SSSR count). The second kappa shape index (κ2) is 15.6. The van der Waals surface area contributed by atoms with E-state index < -0.39 is 31.0 Å². The zero-order chi connectivity index (χ0) is 14.8. The maximum Gasteiger partial charge on any atom is 0.317 e. The Morgan fingerprint density at radius 3 is 1.27 bits per heavy atom. The van der Waals surface area contributed by atoms with Crippen LogP contribution in [-0.2, 0) is 14.4 Å². The molecule has 0 aliphatic rings. The van der Waals surface area contributed by atoms with Gasteiger partial charge in [0.1, 0.15) is 0 Å². The molecule has 12 nitrogen and oxygen atoms in total. The van der Waals surface area contributed by atoms with Gasteiger partial charge in [0.05, 0.1) is 26.2 Å². The van der Waals surface area contributed by atoms with Crippen molar-refractivity contribution in [3.63, 3.8) is 0 Å². The van der Waals surface area contributed by atoms with E-state index in [9.17, 15) is 14.4 Å². The van der Waals surface area contributed by atoms with Crippen molar-refractivity contribution in [3.8, 4) is 0 Å². The van der Waals surface area contributed by atoms with Gasteiger partial charge in [-0.1, -0.05) is 0 Å². The quantitative estimate of drug-likeness (QED) is 0.224. The van der Waals surface area contributed by atoms with Crippen molar-refractivity contribution in [2.75, 3.05) is 45.9 Å². The molecule has 13 N–H and O–H groups in total. The first-order valence-electron chi connectivity index (χ1n) is 5.56. The Bertz CT molecular complexity index is 313. The van der Waals surface area contributed by atoms with E-state index >= 15 is 0 Å². The van der Waals surface area contributed by atoms with Gasteiger partial charge in [-0.15, -0.1) is 0 Å². The second-order valence-electron chi connectivity index (χ2n) is 3.89. The standard InChI is InChI=1S/C10H18N2O7.3H3N/c13-4-3-11(5-8(14)15)1-2-12(6-9(16)17)7-10(18)19;;;/h13H,1-7H2,(H,14,15)(H,16,17)(H,18,19);3*1H3. The van der Waals surface area contributed by atoms with Crippen molar-refractivity contribution >= 4 is 17.9 Å². The van der Waals surface area contributed by atoms with Crippen molar-refractivity contribution in [1.82, 2.24) is 28.3 Å². The molecule has 0 heterocycles. The molecule has 0 aromatic heterocycles. The monoisotopic (exact) mass is 329 g/mol. The summed E-state index contributed by atoms with van der Waals surface area (Å²) in [4.78, 5) is 34.3. The third-order valence-corrected chi connectivity index (χ3v) is 2.23. The van der Waals surface area contributed by atoms with E-state index in [0.717, 1.165) is 0 Å². The summed E-state index contributed by atoms with van der Waals surface area (Å²) in [6, 6.07) is 0. The van der Waals surface area contributed by atoms with E-state index in [1.54, 1.807) is 0 Å². The molecule has 0 aromatic rings. The second-order valence-corrected chi connectivity index (χ2v) is 3.89. The molecule has 0 unspecified atom stereocenters. The first kappa shape index (κ1) is 28.3. The molecule has 0 saturated carbocycles. The molecule has 0 radical (unpaired) electrons. The topological polar surface area (TPSA) is 244 Å². The van der Waals surface area contributed by atoms with Crippen LogP contribution in [-0.4, -0.2) is 94.0 Å². The summed E-state index contributed by atoms with van der Waals surface area (Å²) < 4.78 is 0. The number of rotatable bonds is 11. The van der Waals surface area contributed by atoms with Crippen molar-refractivity contribution < 1.29 is 34.8 Å². The fourth-order valence-electron chi connectivity index (χ4n) is 1.48. The Hall–Kier alpha value is -1.83. The van der Waals surface area contributed by atoms with Gasteiger partial charge in [0.25, 0.3) is 0 Å². The lowest BCUT2D eigenvalue weighted by Gasteiger charge is -2.24. The van der Waals surface area contributed by atoms with Gasteiger partial charge < -0.3 is 38.9 Å². The Morgan fingerprint density at radius 1 is 0.636 bits per heavy atom. The van der Waals surface area contributed by atoms with Gasteiger partial charge in [-0.2, -0.15) is 0 Å². The van der Waals surface area contributed by atoms with E-state index in [2.05, 4.69) is 0 Å². The highest BCUT2D eigenvalue weighted by atomic mass is 16.4. The van der Waals surface area contributed by atoms with Crippen molar-refractivity contribution in [2.24, 2.45) is 0 Å². The third-order valence-electron chi connectivity index (χ3n) is 2.23. The predicted molar refractivity (Wildman–Crippen MR) is 77.9 cm³/mol. The van der Waals surface area contributed by atoms with Crippen LogP contribution < -0.4 is 18.5 Å². The van der Waals surface area contributed by atoms with E-state index in [-0.39, 0.29) is 51.2 Å². The summed E-state index contributed by atoms with van der Waals surface area (Å²) in [7, 11) is 0. The first-order chi connectivity index (χ1) is 8.85. The highest BCUT2D eigenvalue weighted by Crippen LogP contribution is 1.93. The third kappa shape index (κ3) is 16.2. The van der Waals surface area contributed by atoms with Crippen LogP contribution in [0.1, 0.15) is 0 Å². The number of hydrogen-bond donors (Lipinski definition) is 7. The average Bonchev–Trinajstić information content (AvgIpc) is 2.23. The Morgan fingerprint density at radius 2 is 0.955 bits per heavy atom. The van der Waals surface area contributed by atoms with Gasteiger partial charge in [0, 0.05) is 19.6 Å². The zero-order valence-electron chi connectivity index (χ0n) is 12.5. The van der Waals surface area contributed by atoms with Gasteiger partial charge in [-0.25, -0.2) is 0 Å². The van der Waals surface area contributed by atoms with E-state index in [4.69, 9.17) is 20.4 Å².